The van der Waals surface area contributed by atoms with Crippen molar-refractivity contribution in [1.82, 2.24) is 0 Å². The van der Waals surface area contributed by atoms with Crippen LogP contribution in [0.4, 0.5) is 0 Å². The Bertz CT molecular complexity index is 1090. The van der Waals surface area contributed by atoms with Crippen LogP contribution in [-0.2, 0) is 0 Å². The highest BCUT2D eigenvalue weighted by Gasteiger charge is 2.07. The van der Waals surface area contributed by atoms with Crippen LogP contribution in [-0.4, -0.2) is 0 Å². The van der Waals surface area contributed by atoms with E-state index < -0.39 is 0 Å². The van der Waals surface area contributed by atoms with Crippen molar-refractivity contribution in [3.05, 3.63) is 58.3 Å². The second-order valence-electron chi connectivity index (χ2n) is 6.00. The molecule has 2 heterocycles. The molecule has 106 valence electrons. The van der Waals surface area contributed by atoms with Gasteiger partial charge in [0.05, 0.1) is 0 Å². The molecule has 2 aromatic heterocycles. The molecule has 0 N–H and O–H groups in total. The summed E-state index contributed by atoms with van der Waals surface area (Å²) in [5, 5.41) is 8.15. The van der Waals surface area contributed by atoms with Gasteiger partial charge in [0.2, 0.25) is 0 Å². The quantitative estimate of drug-likeness (QED) is 0.269. The Balaban J connectivity index is 1.99. The van der Waals surface area contributed by atoms with E-state index in [1.807, 2.05) is 22.7 Å². The maximum Gasteiger partial charge on any atom is 0.0351 e. The molecule has 0 fully saturated rings. The highest BCUT2D eigenvalue weighted by molar-refractivity contribution is 7.19. The summed E-state index contributed by atoms with van der Waals surface area (Å²) in [5.41, 5.74) is 0. The van der Waals surface area contributed by atoms with Crippen LogP contribution < -0.4 is 0 Å². The van der Waals surface area contributed by atoms with E-state index in [1.54, 1.807) is 0 Å². The van der Waals surface area contributed by atoms with Gasteiger partial charge in [-0.1, -0.05) is 12.1 Å². The van der Waals surface area contributed by atoms with Crippen LogP contribution in [0.15, 0.2) is 48.5 Å². The average Bonchev–Trinajstić information content (AvgIpc) is 3.02. The normalized spacial score (nSPS) is 12.1. The molecule has 3 aromatic carbocycles. The number of aryl methyl sites for hydroxylation is 2. The fourth-order valence-corrected chi connectivity index (χ4v) is 5.30. The second-order valence-corrected chi connectivity index (χ2v) is 8.58. The molecule has 5 rings (SSSR count). The van der Waals surface area contributed by atoms with Crippen molar-refractivity contribution in [3.8, 4) is 0 Å². The van der Waals surface area contributed by atoms with Crippen LogP contribution in [0.3, 0.4) is 0 Å². The van der Waals surface area contributed by atoms with Crippen molar-refractivity contribution in [3.63, 3.8) is 0 Å². The second kappa shape index (κ2) is 4.31. The van der Waals surface area contributed by atoms with Crippen LogP contribution >= 0.6 is 22.7 Å². The number of benzene rings is 3. The van der Waals surface area contributed by atoms with E-state index in [0.717, 1.165) is 0 Å². The van der Waals surface area contributed by atoms with Crippen LogP contribution in [0.2, 0.25) is 0 Å². The molecule has 0 bridgehead atoms. The van der Waals surface area contributed by atoms with E-state index in [2.05, 4.69) is 62.4 Å². The summed E-state index contributed by atoms with van der Waals surface area (Å²) < 4.78 is 2.77. The Hall–Kier alpha value is -1.90. The number of thiophene rings is 2. The molecule has 0 saturated heterocycles. The lowest BCUT2D eigenvalue weighted by molar-refractivity contribution is 1.66. The maximum absolute atomic E-state index is 2.36. The topological polar surface area (TPSA) is 0 Å². The summed E-state index contributed by atoms with van der Waals surface area (Å²) in [7, 11) is 0. The minimum atomic E-state index is 1.34. The van der Waals surface area contributed by atoms with E-state index in [4.69, 9.17) is 0 Å². The maximum atomic E-state index is 2.36. The third kappa shape index (κ3) is 1.74. The molecule has 0 radical (unpaired) electrons. The van der Waals surface area contributed by atoms with Gasteiger partial charge < -0.3 is 0 Å². The fourth-order valence-electron chi connectivity index (χ4n) is 3.39. The van der Waals surface area contributed by atoms with Crippen molar-refractivity contribution < 1.29 is 0 Å². The smallest absolute Gasteiger partial charge is 0.0351 e. The van der Waals surface area contributed by atoms with Crippen molar-refractivity contribution in [1.29, 1.82) is 0 Å². The van der Waals surface area contributed by atoms with Crippen LogP contribution in [0.5, 0.6) is 0 Å². The number of hydrogen-bond donors (Lipinski definition) is 0. The van der Waals surface area contributed by atoms with Crippen LogP contribution in [0.1, 0.15) is 9.75 Å². The molecule has 0 spiro atoms. The predicted octanol–water partition coefficient (Wildman–Crippen LogP) is 7.04. The zero-order valence-electron chi connectivity index (χ0n) is 12.4. The molecule has 0 unspecified atom stereocenters. The highest BCUT2D eigenvalue weighted by atomic mass is 32.1. The monoisotopic (exact) mass is 318 g/mol. The SMILES string of the molecule is Cc1cc2cc3c(ccc4cc5sc(C)cc5cc43)cc2s1. The standard InChI is InChI=1S/C20H14S2/c1-11-5-15-7-17-13(9-19(15)21-11)3-4-14-10-20-16(8-18(14)17)6-12(2)22-20/h3-10H,1-2H3. The molecule has 0 aliphatic carbocycles. The molecule has 0 atom stereocenters. The summed E-state index contributed by atoms with van der Waals surface area (Å²) in [5.74, 6) is 0. The van der Waals surface area contributed by atoms with Crippen LogP contribution in [0.25, 0.3) is 41.7 Å². The summed E-state index contributed by atoms with van der Waals surface area (Å²) >= 11 is 3.76. The molecule has 0 saturated carbocycles. The summed E-state index contributed by atoms with van der Waals surface area (Å²) in [4.78, 5) is 2.76. The largest absolute Gasteiger partial charge is 0.141 e. The average molecular weight is 318 g/mol. The zero-order valence-corrected chi connectivity index (χ0v) is 14.1. The Morgan fingerprint density at radius 2 is 1.00 bits per heavy atom. The first-order valence-corrected chi connectivity index (χ1v) is 9.07. The van der Waals surface area contributed by atoms with Gasteiger partial charge in [0.1, 0.15) is 0 Å². The Morgan fingerprint density at radius 3 is 1.45 bits per heavy atom. The number of fused-ring (bicyclic) bond motifs is 5. The Labute approximate surface area is 136 Å². The van der Waals surface area contributed by atoms with E-state index >= 15 is 0 Å². The Morgan fingerprint density at radius 1 is 0.545 bits per heavy atom. The first kappa shape index (κ1) is 12.6. The summed E-state index contributed by atoms with van der Waals surface area (Å²) in [6.45, 7) is 4.37. The Kier molecular flexibility index (Phi) is 2.47. The van der Waals surface area contributed by atoms with Gasteiger partial charge in [-0.3, -0.25) is 0 Å². The number of rotatable bonds is 0. The summed E-state index contributed by atoms with van der Waals surface area (Å²) in [6, 6.07) is 18.5. The molecule has 0 aliphatic rings. The van der Waals surface area contributed by atoms with E-state index in [9.17, 15) is 0 Å². The van der Waals surface area contributed by atoms with Gasteiger partial charge in [0.25, 0.3) is 0 Å². The van der Waals surface area contributed by atoms with Gasteiger partial charge in [-0.2, -0.15) is 0 Å². The van der Waals surface area contributed by atoms with E-state index in [0.29, 0.717) is 0 Å². The molecule has 0 nitrogen and oxygen atoms in total. The lowest BCUT2D eigenvalue weighted by Gasteiger charge is -2.05. The van der Waals surface area contributed by atoms with Crippen molar-refractivity contribution in [2.24, 2.45) is 0 Å². The third-order valence-electron chi connectivity index (χ3n) is 4.36. The first-order chi connectivity index (χ1) is 10.7. The number of hydrogen-bond acceptors (Lipinski definition) is 2. The van der Waals surface area contributed by atoms with E-state index in [1.165, 1.54) is 51.5 Å². The van der Waals surface area contributed by atoms with Crippen molar-refractivity contribution in [2.45, 2.75) is 13.8 Å². The fraction of sp³-hybridized carbons (Fsp3) is 0.100. The molecule has 22 heavy (non-hydrogen) atoms. The van der Waals surface area contributed by atoms with Crippen LogP contribution in [0, 0.1) is 13.8 Å². The van der Waals surface area contributed by atoms with Gasteiger partial charge in [-0.15, -0.1) is 22.7 Å². The lowest BCUT2D eigenvalue weighted by atomic mass is 10.00. The van der Waals surface area contributed by atoms with Crippen molar-refractivity contribution >= 4 is 64.4 Å². The zero-order chi connectivity index (χ0) is 14.8. The molecule has 2 heteroatoms. The third-order valence-corrected chi connectivity index (χ3v) is 6.38. The lowest BCUT2D eigenvalue weighted by Crippen LogP contribution is -1.78. The van der Waals surface area contributed by atoms with Gasteiger partial charge >= 0.3 is 0 Å². The molecule has 0 amide bonds. The van der Waals surface area contributed by atoms with Crippen molar-refractivity contribution in [2.75, 3.05) is 0 Å². The van der Waals surface area contributed by atoms with Gasteiger partial charge in [0.15, 0.2) is 0 Å². The minimum Gasteiger partial charge on any atom is -0.141 e. The van der Waals surface area contributed by atoms with Gasteiger partial charge in [-0.05, 0) is 82.6 Å². The molecule has 0 aliphatic heterocycles. The summed E-state index contributed by atoms with van der Waals surface area (Å²) in [6.07, 6.45) is 0. The van der Waals surface area contributed by atoms with Gasteiger partial charge in [-0.25, -0.2) is 0 Å². The molecule has 5 aromatic rings. The first-order valence-electron chi connectivity index (χ1n) is 7.44. The van der Waals surface area contributed by atoms with E-state index in [-0.39, 0.29) is 0 Å². The highest BCUT2D eigenvalue weighted by Crippen LogP contribution is 2.36. The minimum absolute atomic E-state index is 1.34. The molecular weight excluding hydrogens is 304 g/mol. The predicted molar refractivity (Wildman–Crippen MR) is 102 cm³/mol. The molecular formula is C20H14S2. The van der Waals surface area contributed by atoms with Gasteiger partial charge in [0, 0.05) is 19.2 Å².